The maximum Gasteiger partial charge on any atom is 0.323 e. The third-order valence-corrected chi connectivity index (χ3v) is 2.89. The van der Waals surface area contributed by atoms with Crippen LogP contribution in [0.25, 0.3) is 0 Å². The topological polar surface area (TPSA) is 82.7 Å². The van der Waals surface area contributed by atoms with E-state index in [1.165, 1.54) is 4.90 Å². The Morgan fingerprint density at radius 1 is 1.24 bits per heavy atom. The van der Waals surface area contributed by atoms with Crippen molar-refractivity contribution in [3.8, 4) is 0 Å². The summed E-state index contributed by atoms with van der Waals surface area (Å²) in [6, 6.07) is 1.93. The molecule has 2 heterocycles. The molecule has 0 bridgehead atoms. The number of anilines is 1. The molecular formula is C14H18N4O3. The molecule has 0 aliphatic heterocycles. The zero-order valence-corrected chi connectivity index (χ0v) is 12.1. The second-order valence-electron chi connectivity index (χ2n) is 4.95. The molecule has 0 unspecified atom stereocenters. The number of hydrogen-bond acceptors (Lipinski definition) is 6. The molecule has 112 valence electrons. The largest absolute Gasteiger partial charge is 0.480 e. The maximum atomic E-state index is 10.6. The van der Waals surface area contributed by atoms with Crippen LogP contribution in [0.15, 0.2) is 35.4 Å². The minimum Gasteiger partial charge on any atom is -0.480 e. The van der Waals surface area contributed by atoms with Gasteiger partial charge in [-0.15, -0.1) is 0 Å². The first-order chi connectivity index (χ1) is 10.0. The van der Waals surface area contributed by atoms with Crippen LogP contribution in [0.3, 0.4) is 0 Å². The summed E-state index contributed by atoms with van der Waals surface area (Å²) in [5, 5.41) is 8.73. The lowest BCUT2D eigenvalue weighted by molar-refractivity contribution is -0.135. The SMILES string of the molecule is CN(Cc1cnc(N(C)CC(=O)O)nc1)Cc1ccoc1. The van der Waals surface area contributed by atoms with E-state index in [0.717, 1.165) is 17.7 Å². The van der Waals surface area contributed by atoms with E-state index in [4.69, 9.17) is 9.52 Å². The van der Waals surface area contributed by atoms with Crippen LogP contribution >= 0.6 is 0 Å². The number of likely N-dealkylation sites (N-methyl/N-ethyl adjacent to an activating group) is 1. The summed E-state index contributed by atoms with van der Waals surface area (Å²) in [5.41, 5.74) is 2.07. The second kappa shape index (κ2) is 6.85. The number of rotatable bonds is 7. The van der Waals surface area contributed by atoms with Crippen LogP contribution in [0.5, 0.6) is 0 Å². The van der Waals surface area contributed by atoms with Gasteiger partial charge in [0.15, 0.2) is 0 Å². The molecule has 0 radical (unpaired) electrons. The minimum atomic E-state index is -0.912. The Labute approximate surface area is 122 Å². The van der Waals surface area contributed by atoms with Crippen molar-refractivity contribution >= 4 is 11.9 Å². The summed E-state index contributed by atoms with van der Waals surface area (Å²) in [7, 11) is 3.64. The first-order valence-electron chi connectivity index (χ1n) is 6.48. The monoisotopic (exact) mass is 290 g/mol. The standard InChI is InChI=1S/C14H18N4O3/c1-17(7-11-3-4-21-10-11)8-12-5-15-14(16-6-12)18(2)9-13(19)20/h3-6,10H,7-9H2,1-2H3,(H,19,20). The van der Waals surface area contributed by atoms with E-state index in [1.807, 2.05) is 13.1 Å². The summed E-state index contributed by atoms with van der Waals surface area (Å²) in [4.78, 5) is 22.6. The summed E-state index contributed by atoms with van der Waals surface area (Å²) in [6.07, 6.45) is 6.80. The Hall–Kier alpha value is -2.41. The van der Waals surface area contributed by atoms with Crippen LogP contribution in [0, 0.1) is 0 Å². The molecule has 0 atom stereocenters. The average Bonchev–Trinajstić information content (AvgIpc) is 2.91. The molecule has 0 saturated heterocycles. The van der Waals surface area contributed by atoms with Gasteiger partial charge in [-0.25, -0.2) is 9.97 Å². The second-order valence-corrected chi connectivity index (χ2v) is 4.95. The predicted molar refractivity (Wildman–Crippen MR) is 76.8 cm³/mol. The Morgan fingerprint density at radius 2 is 1.90 bits per heavy atom. The van der Waals surface area contributed by atoms with Gasteiger partial charge in [-0.05, 0) is 13.1 Å². The number of aliphatic carboxylic acids is 1. The van der Waals surface area contributed by atoms with E-state index < -0.39 is 5.97 Å². The fourth-order valence-electron chi connectivity index (χ4n) is 1.96. The Balaban J connectivity index is 1.91. The molecule has 2 aromatic heterocycles. The summed E-state index contributed by atoms with van der Waals surface area (Å²) >= 11 is 0. The number of hydrogen-bond donors (Lipinski definition) is 1. The van der Waals surface area contributed by atoms with Crippen LogP contribution < -0.4 is 4.90 Å². The molecule has 1 N–H and O–H groups in total. The van der Waals surface area contributed by atoms with Crippen LogP contribution in [0.1, 0.15) is 11.1 Å². The lowest BCUT2D eigenvalue weighted by Crippen LogP contribution is -2.27. The smallest absolute Gasteiger partial charge is 0.323 e. The fourth-order valence-corrected chi connectivity index (χ4v) is 1.96. The van der Waals surface area contributed by atoms with E-state index in [0.29, 0.717) is 12.5 Å². The van der Waals surface area contributed by atoms with Gasteiger partial charge in [0.2, 0.25) is 5.95 Å². The number of carboxylic acids is 1. The first kappa shape index (κ1) is 15.0. The van der Waals surface area contributed by atoms with Gasteiger partial charge >= 0.3 is 5.97 Å². The van der Waals surface area contributed by atoms with E-state index >= 15 is 0 Å². The number of carbonyl (C=O) groups is 1. The molecule has 0 spiro atoms. The summed E-state index contributed by atoms with van der Waals surface area (Å²) in [6.45, 7) is 1.35. The third-order valence-electron chi connectivity index (χ3n) is 2.89. The van der Waals surface area contributed by atoms with Crippen molar-refractivity contribution < 1.29 is 14.3 Å². The molecular weight excluding hydrogens is 272 g/mol. The van der Waals surface area contributed by atoms with Gasteiger partial charge in [0, 0.05) is 43.7 Å². The zero-order valence-electron chi connectivity index (χ0n) is 12.1. The molecule has 7 nitrogen and oxygen atoms in total. The maximum absolute atomic E-state index is 10.6. The molecule has 2 aromatic rings. The lowest BCUT2D eigenvalue weighted by atomic mass is 10.3. The quantitative estimate of drug-likeness (QED) is 0.821. The van der Waals surface area contributed by atoms with Gasteiger partial charge in [-0.1, -0.05) is 0 Å². The van der Waals surface area contributed by atoms with Crippen LogP contribution in [0.2, 0.25) is 0 Å². The van der Waals surface area contributed by atoms with Gasteiger partial charge in [-0.3, -0.25) is 9.69 Å². The minimum absolute atomic E-state index is 0.125. The molecule has 0 aliphatic carbocycles. The number of furan rings is 1. The number of carboxylic acid groups (broad SMARTS) is 1. The van der Waals surface area contributed by atoms with Crippen molar-refractivity contribution in [2.24, 2.45) is 0 Å². The van der Waals surface area contributed by atoms with Crippen molar-refractivity contribution in [1.82, 2.24) is 14.9 Å². The number of aromatic nitrogens is 2. The molecule has 2 rings (SSSR count). The molecule has 0 aromatic carbocycles. The highest BCUT2D eigenvalue weighted by molar-refractivity contribution is 5.72. The Morgan fingerprint density at radius 3 is 2.48 bits per heavy atom. The molecule has 21 heavy (non-hydrogen) atoms. The van der Waals surface area contributed by atoms with Crippen LogP contribution in [-0.4, -0.2) is 46.6 Å². The Bertz CT molecular complexity index is 568. The van der Waals surface area contributed by atoms with Gasteiger partial charge in [0.1, 0.15) is 6.54 Å². The Kier molecular flexibility index (Phi) is 4.89. The highest BCUT2D eigenvalue weighted by Gasteiger charge is 2.09. The van der Waals surface area contributed by atoms with E-state index in [9.17, 15) is 4.79 Å². The van der Waals surface area contributed by atoms with Gasteiger partial charge < -0.3 is 14.4 Å². The van der Waals surface area contributed by atoms with Crippen LogP contribution in [-0.2, 0) is 17.9 Å². The molecule has 0 saturated carbocycles. The normalized spacial score (nSPS) is 10.8. The van der Waals surface area contributed by atoms with E-state index in [1.54, 1.807) is 32.0 Å². The molecule has 7 heteroatoms. The highest BCUT2D eigenvalue weighted by Crippen LogP contribution is 2.09. The van der Waals surface area contributed by atoms with Gasteiger partial charge in [-0.2, -0.15) is 0 Å². The van der Waals surface area contributed by atoms with Gasteiger partial charge in [0.05, 0.1) is 12.5 Å². The summed E-state index contributed by atoms with van der Waals surface area (Å²) in [5.74, 6) is -0.511. The number of nitrogens with zero attached hydrogens (tertiary/aromatic N) is 4. The van der Waals surface area contributed by atoms with E-state index in [-0.39, 0.29) is 6.54 Å². The average molecular weight is 290 g/mol. The zero-order chi connectivity index (χ0) is 15.2. The van der Waals surface area contributed by atoms with Crippen LogP contribution in [0.4, 0.5) is 5.95 Å². The van der Waals surface area contributed by atoms with Crippen molar-refractivity contribution in [2.75, 3.05) is 25.5 Å². The fraction of sp³-hybridized carbons (Fsp3) is 0.357. The third kappa shape index (κ3) is 4.57. The lowest BCUT2D eigenvalue weighted by Gasteiger charge is -2.17. The molecule has 0 fully saturated rings. The highest BCUT2D eigenvalue weighted by atomic mass is 16.4. The first-order valence-corrected chi connectivity index (χ1v) is 6.48. The molecule has 0 amide bonds. The van der Waals surface area contributed by atoms with Crippen molar-refractivity contribution in [3.05, 3.63) is 42.1 Å². The van der Waals surface area contributed by atoms with Crippen molar-refractivity contribution in [1.29, 1.82) is 0 Å². The summed E-state index contributed by atoms with van der Waals surface area (Å²) < 4.78 is 5.03. The van der Waals surface area contributed by atoms with Gasteiger partial charge in [0.25, 0.3) is 0 Å². The molecule has 0 aliphatic rings. The van der Waals surface area contributed by atoms with E-state index in [2.05, 4.69) is 14.9 Å². The predicted octanol–water partition coefficient (Wildman–Crippen LogP) is 1.22. The van der Waals surface area contributed by atoms with Crippen molar-refractivity contribution in [2.45, 2.75) is 13.1 Å². The van der Waals surface area contributed by atoms with Crippen molar-refractivity contribution in [3.63, 3.8) is 0 Å².